The van der Waals surface area contributed by atoms with Crippen LogP contribution >= 0.6 is 0 Å². The van der Waals surface area contributed by atoms with Crippen LogP contribution in [0.3, 0.4) is 0 Å². The van der Waals surface area contributed by atoms with Gasteiger partial charge in [0.1, 0.15) is 0 Å². The Balaban J connectivity index is 2.33. The van der Waals surface area contributed by atoms with Crippen LogP contribution in [0.4, 0.5) is 13.2 Å². The van der Waals surface area contributed by atoms with Gasteiger partial charge in [-0.3, -0.25) is 4.79 Å². The lowest BCUT2D eigenvalue weighted by Crippen LogP contribution is -2.22. The fraction of sp³-hybridized carbons (Fsp3) is 0.643. The fourth-order valence-corrected chi connectivity index (χ4v) is 1.95. The minimum Gasteiger partial charge on any atom is -0.354 e. The molecule has 0 aliphatic rings. The molecule has 0 radical (unpaired) electrons. The molecule has 0 saturated heterocycles. The summed E-state index contributed by atoms with van der Waals surface area (Å²) in [6.45, 7) is 2.82. The first-order chi connectivity index (χ1) is 8.95. The average molecular weight is 275 g/mol. The number of unbranched alkanes of at least 4 members (excludes halogenated alkanes) is 5. The van der Waals surface area contributed by atoms with E-state index in [0.29, 0.717) is 6.54 Å². The molecule has 0 aliphatic carbocycles. The van der Waals surface area contributed by atoms with Gasteiger partial charge in [0.25, 0.3) is 5.78 Å². The zero-order valence-corrected chi connectivity index (χ0v) is 11.2. The molecule has 0 amide bonds. The van der Waals surface area contributed by atoms with Crippen LogP contribution in [-0.4, -0.2) is 16.5 Å². The Hall–Kier alpha value is -1.26. The molecule has 0 aromatic carbocycles. The first-order valence-electron chi connectivity index (χ1n) is 6.72. The number of rotatable bonds is 8. The summed E-state index contributed by atoms with van der Waals surface area (Å²) in [5.41, 5.74) is -0.279. The minimum absolute atomic E-state index is 0.279. The Bertz CT molecular complexity index is 396. The molecule has 0 aliphatic heterocycles. The van der Waals surface area contributed by atoms with Crippen molar-refractivity contribution in [3.05, 3.63) is 24.0 Å². The van der Waals surface area contributed by atoms with E-state index in [-0.39, 0.29) is 5.56 Å². The summed E-state index contributed by atoms with van der Waals surface area (Å²) < 4.78 is 38.3. The standard InChI is InChI=1S/C14H20F3NO/c1-2-3-4-5-6-7-9-18-10-8-12(11-18)13(19)14(15,16)17/h8,10-11H,2-7,9H2,1H3. The van der Waals surface area contributed by atoms with E-state index < -0.39 is 12.0 Å². The fourth-order valence-electron chi connectivity index (χ4n) is 1.95. The van der Waals surface area contributed by atoms with Crippen molar-refractivity contribution in [2.24, 2.45) is 0 Å². The number of carbonyl (C=O) groups excluding carboxylic acids is 1. The third-order valence-electron chi connectivity index (χ3n) is 3.04. The van der Waals surface area contributed by atoms with Crippen molar-refractivity contribution in [2.45, 2.75) is 58.2 Å². The summed E-state index contributed by atoms with van der Waals surface area (Å²) in [6, 6.07) is 1.23. The number of hydrogen-bond acceptors (Lipinski definition) is 1. The van der Waals surface area contributed by atoms with E-state index >= 15 is 0 Å². The number of Topliss-reactive ketones (excluding diaryl/α,β-unsaturated/α-hetero) is 1. The second kappa shape index (κ2) is 7.36. The van der Waals surface area contributed by atoms with Crippen LogP contribution in [0.1, 0.15) is 55.8 Å². The summed E-state index contributed by atoms with van der Waals surface area (Å²) in [5, 5.41) is 0. The third kappa shape index (κ3) is 5.49. The van der Waals surface area contributed by atoms with Crippen molar-refractivity contribution < 1.29 is 18.0 Å². The van der Waals surface area contributed by atoms with E-state index in [1.54, 1.807) is 4.57 Å². The van der Waals surface area contributed by atoms with E-state index in [0.717, 1.165) is 19.3 Å². The number of aryl methyl sites for hydroxylation is 1. The van der Waals surface area contributed by atoms with Gasteiger partial charge in [-0.05, 0) is 12.5 Å². The summed E-state index contributed by atoms with van der Waals surface area (Å²) in [7, 11) is 0. The normalized spacial score (nSPS) is 11.8. The Labute approximate surface area is 111 Å². The number of nitrogens with zero attached hydrogens (tertiary/aromatic N) is 1. The number of alkyl halides is 3. The highest BCUT2D eigenvalue weighted by atomic mass is 19.4. The highest BCUT2D eigenvalue weighted by molar-refractivity contribution is 6.00. The average Bonchev–Trinajstić information content (AvgIpc) is 2.80. The Morgan fingerprint density at radius 3 is 2.42 bits per heavy atom. The lowest BCUT2D eigenvalue weighted by Gasteiger charge is -2.04. The van der Waals surface area contributed by atoms with Gasteiger partial charge in [0.2, 0.25) is 0 Å². The maximum absolute atomic E-state index is 12.2. The lowest BCUT2D eigenvalue weighted by atomic mass is 10.1. The van der Waals surface area contributed by atoms with E-state index in [2.05, 4.69) is 6.92 Å². The van der Waals surface area contributed by atoms with Gasteiger partial charge in [-0.1, -0.05) is 39.0 Å². The minimum atomic E-state index is -4.79. The van der Waals surface area contributed by atoms with Gasteiger partial charge in [-0.15, -0.1) is 0 Å². The Morgan fingerprint density at radius 2 is 1.79 bits per heavy atom. The number of ketones is 1. The van der Waals surface area contributed by atoms with Crippen LogP contribution in [0.25, 0.3) is 0 Å². The highest BCUT2D eigenvalue weighted by Gasteiger charge is 2.39. The highest BCUT2D eigenvalue weighted by Crippen LogP contribution is 2.21. The molecule has 0 atom stereocenters. The van der Waals surface area contributed by atoms with E-state index in [1.807, 2.05) is 0 Å². The molecule has 0 fully saturated rings. The van der Waals surface area contributed by atoms with Gasteiger partial charge in [-0.25, -0.2) is 0 Å². The van der Waals surface area contributed by atoms with Gasteiger partial charge in [0.05, 0.1) is 0 Å². The summed E-state index contributed by atoms with van der Waals surface area (Å²) >= 11 is 0. The Kier molecular flexibility index (Phi) is 6.12. The van der Waals surface area contributed by atoms with E-state index in [4.69, 9.17) is 0 Å². The second-order valence-corrected chi connectivity index (χ2v) is 4.73. The van der Waals surface area contributed by atoms with Crippen molar-refractivity contribution in [3.63, 3.8) is 0 Å². The van der Waals surface area contributed by atoms with Gasteiger partial charge in [0, 0.05) is 24.5 Å². The molecule has 0 bridgehead atoms. The van der Waals surface area contributed by atoms with Crippen LogP contribution in [-0.2, 0) is 6.54 Å². The molecule has 0 unspecified atom stereocenters. The monoisotopic (exact) mass is 275 g/mol. The molecule has 0 N–H and O–H groups in total. The van der Waals surface area contributed by atoms with Crippen LogP contribution in [0.15, 0.2) is 18.5 Å². The second-order valence-electron chi connectivity index (χ2n) is 4.73. The summed E-state index contributed by atoms with van der Waals surface area (Å²) in [6.07, 6.45) is 4.82. The molecule has 1 heterocycles. The molecule has 19 heavy (non-hydrogen) atoms. The number of halogens is 3. The molecular weight excluding hydrogens is 255 g/mol. The molecular formula is C14H20F3NO. The predicted octanol–water partition coefficient (Wildman–Crippen LogP) is 4.59. The maximum Gasteiger partial charge on any atom is 0.454 e. The lowest BCUT2D eigenvalue weighted by molar-refractivity contribution is -0.0885. The summed E-state index contributed by atoms with van der Waals surface area (Å²) in [5.74, 6) is -1.77. The smallest absolute Gasteiger partial charge is 0.354 e. The van der Waals surface area contributed by atoms with Crippen molar-refractivity contribution in [2.75, 3.05) is 0 Å². The molecule has 108 valence electrons. The molecule has 2 nitrogen and oxygen atoms in total. The van der Waals surface area contributed by atoms with Crippen LogP contribution in [0.5, 0.6) is 0 Å². The van der Waals surface area contributed by atoms with Gasteiger partial charge in [0.15, 0.2) is 0 Å². The molecule has 0 saturated carbocycles. The Morgan fingerprint density at radius 1 is 1.16 bits per heavy atom. The van der Waals surface area contributed by atoms with Crippen molar-refractivity contribution in [3.8, 4) is 0 Å². The van der Waals surface area contributed by atoms with Crippen LogP contribution in [0.2, 0.25) is 0 Å². The maximum atomic E-state index is 12.2. The SMILES string of the molecule is CCCCCCCCn1ccc(C(=O)C(F)(F)F)c1. The number of hydrogen-bond donors (Lipinski definition) is 0. The van der Waals surface area contributed by atoms with Gasteiger partial charge >= 0.3 is 6.18 Å². The predicted molar refractivity (Wildman–Crippen MR) is 68.2 cm³/mol. The van der Waals surface area contributed by atoms with E-state index in [1.165, 1.54) is 37.7 Å². The van der Waals surface area contributed by atoms with Crippen molar-refractivity contribution in [1.82, 2.24) is 4.57 Å². The quantitative estimate of drug-likeness (QED) is 0.502. The van der Waals surface area contributed by atoms with Crippen molar-refractivity contribution >= 4 is 5.78 Å². The molecule has 1 rings (SSSR count). The topological polar surface area (TPSA) is 22.0 Å². The van der Waals surface area contributed by atoms with E-state index in [9.17, 15) is 18.0 Å². The molecule has 0 spiro atoms. The number of carbonyl (C=O) groups is 1. The van der Waals surface area contributed by atoms with Gasteiger partial charge in [-0.2, -0.15) is 13.2 Å². The zero-order valence-electron chi connectivity index (χ0n) is 11.2. The van der Waals surface area contributed by atoms with Crippen LogP contribution < -0.4 is 0 Å². The molecule has 1 aromatic rings. The third-order valence-corrected chi connectivity index (χ3v) is 3.04. The molecule has 5 heteroatoms. The van der Waals surface area contributed by atoms with Gasteiger partial charge < -0.3 is 4.57 Å². The number of aromatic nitrogens is 1. The first-order valence-corrected chi connectivity index (χ1v) is 6.72. The molecule has 1 aromatic heterocycles. The van der Waals surface area contributed by atoms with Crippen molar-refractivity contribution in [1.29, 1.82) is 0 Å². The zero-order chi connectivity index (χ0) is 14.3. The largest absolute Gasteiger partial charge is 0.454 e. The summed E-state index contributed by atoms with van der Waals surface area (Å²) in [4.78, 5) is 11.0. The van der Waals surface area contributed by atoms with Crippen LogP contribution in [0, 0.1) is 0 Å². The first kappa shape index (κ1) is 15.8.